The van der Waals surface area contributed by atoms with Crippen molar-refractivity contribution in [3.63, 3.8) is 0 Å². The number of halogens is 1. The normalized spacial score (nSPS) is 23.6. The summed E-state index contributed by atoms with van der Waals surface area (Å²) in [6.07, 6.45) is 10.2. The van der Waals surface area contributed by atoms with E-state index in [0.29, 0.717) is 24.5 Å². The fourth-order valence-corrected chi connectivity index (χ4v) is 5.41. The van der Waals surface area contributed by atoms with E-state index in [1.165, 1.54) is 25.7 Å². The van der Waals surface area contributed by atoms with Gasteiger partial charge in [-0.05, 0) is 75.1 Å². The molecule has 2 atom stereocenters. The van der Waals surface area contributed by atoms with Gasteiger partial charge < -0.3 is 20.8 Å². The Labute approximate surface area is 204 Å². The van der Waals surface area contributed by atoms with Crippen molar-refractivity contribution in [2.75, 3.05) is 19.6 Å². The molecular weight excluding hydrogens is 436 g/mol. The van der Waals surface area contributed by atoms with Gasteiger partial charge in [0.2, 0.25) is 5.91 Å². The molecule has 1 fully saturated rings. The Hall–Kier alpha value is -1.40. The molecule has 0 saturated carbocycles. The lowest BCUT2D eigenvalue weighted by Gasteiger charge is -2.51. The molecule has 1 saturated heterocycles. The van der Waals surface area contributed by atoms with Crippen LogP contribution in [0.3, 0.4) is 0 Å². The minimum absolute atomic E-state index is 0. The summed E-state index contributed by atoms with van der Waals surface area (Å²) in [7, 11) is 0. The summed E-state index contributed by atoms with van der Waals surface area (Å²) >= 11 is 6.05. The van der Waals surface area contributed by atoms with E-state index in [9.17, 15) is 9.90 Å². The van der Waals surface area contributed by atoms with Crippen molar-refractivity contribution in [1.29, 1.82) is 0 Å². The van der Waals surface area contributed by atoms with E-state index < -0.39 is 11.0 Å². The molecule has 0 aromatic heterocycles. The number of aliphatic hydroxyl groups is 1. The number of allylic oxidation sites excluding steroid dienone is 2. The van der Waals surface area contributed by atoms with Crippen molar-refractivity contribution in [3.8, 4) is 0 Å². The lowest BCUT2D eigenvalue weighted by molar-refractivity contribution is -0.155. The molecule has 0 unspecified atom stereocenters. The van der Waals surface area contributed by atoms with E-state index in [0.717, 1.165) is 24.9 Å². The molecule has 33 heavy (non-hydrogen) atoms. The average Bonchev–Trinajstić information content (AvgIpc) is 2.76. The minimum Gasteiger partial charge on any atom is -0.412 e. The zero-order valence-corrected chi connectivity index (χ0v) is 21.5. The van der Waals surface area contributed by atoms with Crippen molar-refractivity contribution in [2.24, 2.45) is 11.3 Å². The number of amides is 1. The third-order valence-corrected chi connectivity index (χ3v) is 7.69. The van der Waals surface area contributed by atoms with Crippen LogP contribution in [-0.2, 0) is 10.4 Å². The zero-order chi connectivity index (χ0) is 23.4. The van der Waals surface area contributed by atoms with Crippen molar-refractivity contribution >= 4 is 17.5 Å². The Morgan fingerprint density at radius 3 is 2.48 bits per heavy atom. The molecule has 186 valence electrons. The third-order valence-electron chi connectivity index (χ3n) is 7.44. The fraction of sp³-hybridized carbons (Fsp3) is 0.667. The van der Waals surface area contributed by atoms with Crippen LogP contribution in [0.15, 0.2) is 35.9 Å². The van der Waals surface area contributed by atoms with Gasteiger partial charge in [0.25, 0.3) is 0 Å². The SMILES string of the molecule is CC(C)[C@@H](NCCCC1=CCCCC1)C(=O)N1CC[C@](O)(c2ccc(Cl)cc2)C(C)(C)C1.O. The molecule has 0 radical (unpaired) electrons. The van der Waals surface area contributed by atoms with Crippen LogP contribution in [0.4, 0.5) is 0 Å². The number of likely N-dealkylation sites (tertiary alicyclic amines) is 1. The maximum atomic E-state index is 13.5. The van der Waals surface area contributed by atoms with E-state index in [2.05, 4.69) is 39.1 Å². The summed E-state index contributed by atoms with van der Waals surface area (Å²) in [5.41, 5.74) is 1.01. The first-order valence-electron chi connectivity index (χ1n) is 12.3. The smallest absolute Gasteiger partial charge is 0.239 e. The van der Waals surface area contributed by atoms with Gasteiger partial charge in [0.15, 0.2) is 0 Å². The van der Waals surface area contributed by atoms with Crippen LogP contribution < -0.4 is 5.32 Å². The summed E-state index contributed by atoms with van der Waals surface area (Å²) in [5, 5.41) is 15.8. The van der Waals surface area contributed by atoms with Crippen LogP contribution in [-0.4, -0.2) is 47.1 Å². The van der Waals surface area contributed by atoms with Gasteiger partial charge in [0.1, 0.15) is 0 Å². The summed E-state index contributed by atoms with van der Waals surface area (Å²) in [5.74, 6) is 0.375. The molecule has 1 aliphatic heterocycles. The first-order chi connectivity index (χ1) is 15.1. The summed E-state index contributed by atoms with van der Waals surface area (Å²) in [4.78, 5) is 15.4. The van der Waals surface area contributed by atoms with Crippen molar-refractivity contribution < 1.29 is 15.4 Å². The molecule has 5 nitrogen and oxygen atoms in total. The van der Waals surface area contributed by atoms with Crippen LogP contribution in [0.1, 0.15) is 78.2 Å². The van der Waals surface area contributed by atoms with Crippen LogP contribution in [0, 0.1) is 11.3 Å². The molecule has 6 heteroatoms. The Morgan fingerprint density at radius 1 is 1.21 bits per heavy atom. The van der Waals surface area contributed by atoms with Crippen LogP contribution in [0.2, 0.25) is 5.02 Å². The Bertz CT molecular complexity index is 806. The molecular formula is C27H43ClN2O3. The largest absolute Gasteiger partial charge is 0.412 e. The lowest BCUT2D eigenvalue weighted by Crippen LogP contribution is -2.60. The number of carbonyl (C=O) groups is 1. The van der Waals surface area contributed by atoms with Gasteiger partial charge >= 0.3 is 0 Å². The molecule has 1 heterocycles. The number of hydrogen-bond donors (Lipinski definition) is 2. The van der Waals surface area contributed by atoms with Crippen molar-refractivity contribution in [2.45, 2.75) is 84.3 Å². The molecule has 1 aliphatic carbocycles. The highest BCUT2D eigenvalue weighted by atomic mass is 35.5. The number of nitrogens with one attached hydrogen (secondary N) is 1. The summed E-state index contributed by atoms with van der Waals surface area (Å²) in [6.45, 7) is 10.3. The predicted molar refractivity (Wildman–Crippen MR) is 136 cm³/mol. The van der Waals surface area contributed by atoms with Gasteiger partial charge in [-0.3, -0.25) is 4.79 Å². The highest BCUT2D eigenvalue weighted by molar-refractivity contribution is 6.30. The number of carbonyl (C=O) groups excluding carboxylic acids is 1. The Balaban J connectivity index is 0.00000385. The van der Waals surface area contributed by atoms with E-state index in [-0.39, 0.29) is 23.3 Å². The molecule has 1 aromatic rings. The first kappa shape index (κ1) is 27.8. The number of nitrogens with zero attached hydrogens (tertiary/aromatic N) is 1. The molecule has 0 spiro atoms. The maximum absolute atomic E-state index is 13.5. The van der Waals surface area contributed by atoms with Gasteiger partial charge in [0.05, 0.1) is 11.6 Å². The third kappa shape index (κ3) is 6.60. The zero-order valence-electron chi connectivity index (χ0n) is 20.8. The standard InChI is InChI=1S/C27H41ClN2O2.H2O/c1-20(2)24(29-17-8-11-21-9-6-5-7-10-21)25(31)30-18-16-27(32,26(3,4)19-30)22-12-14-23(28)15-13-22;/h9,12-15,20,24,29,32H,5-8,10-11,16-19H2,1-4H3;1H2/t24-,27+;/m1./s1. The molecule has 0 bridgehead atoms. The number of piperidine rings is 1. The summed E-state index contributed by atoms with van der Waals surface area (Å²) < 4.78 is 0. The van der Waals surface area contributed by atoms with Crippen LogP contribution in [0.5, 0.6) is 0 Å². The minimum atomic E-state index is -0.983. The molecule has 2 aliphatic rings. The molecule has 1 aromatic carbocycles. The number of rotatable bonds is 8. The second-order valence-electron chi connectivity index (χ2n) is 10.6. The predicted octanol–water partition coefficient (Wildman–Crippen LogP) is 4.86. The molecule has 1 amide bonds. The van der Waals surface area contributed by atoms with E-state index in [1.54, 1.807) is 5.57 Å². The quantitative estimate of drug-likeness (QED) is 0.413. The fourth-order valence-electron chi connectivity index (χ4n) is 5.28. The Kier molecular flexibility index (Phi) is 9.98. The van der Waals surface area contributed by atoms with E-state index >= 15 is 0 Å². The number of hydrogen-bond acceptors (Lipinski definition) is 3. The molecule has 4 N–H and O–H groups in total. The maximum Gasteiger partial charge on any atom is 0.239 e. The van der Waals surface area contributed by atoms with Gasteiger partial charge in [-0.1, -0.05) is 63.1 Å². The monoisotopic (exact) mass is 478 g/mol. The van der Waals surface area contributed by atoms with Gasteiger partial charge in [-0.2, -0.15) is 0 Å². The molecule has 3 rings (SSSR count). The number of benzene rings is 1. The topological polar surface area (TPSA) is 84.1 Å². The second kappa shape index (κ2) is 11.8. The average molecular weight is 479 g/mol. The summed E-state index contributed by atoms with van der Waals surface area (Å²) in [6, 6.07) is 7.27. The van der Waals surface area contributed by atoms with Crippen LogP contribution >= 0.6 is 11.6 Å². The van der Waals surface area contributed by atoms with E-state index in [1.807, 2.05) is 29.2 Å². The first-order valence-corrected chi connectivity index (χ1v) is 12.7. The highest BCUT2D eigenvalue weighted by Crippen LogP contribution is 2.46. The van der Waals surface area contributed by atoms with E-state index in [4.69, 9.17) is 11.6 Å². The highest BCUT2D eigenvalue weighted by Gasteiger charge is 2.50. The van der Waals surface area contributed by atoms with Gasteiger partial charge in [-0.15, -0.1) is 0 Å². The second-order valence-corrected chi connectivity index (χ2v) is 11.1. The van der Waals surface area contributed by atoms with Gasteiger partial charge in [0, 0.05) is 23.5 Å². The van der Waals surface area contributed by atoms with Crippen molar-refractivity contribution in [3.05, 3.63) is 46.5 Å². The van der Waals surface area contributed by atoms with Gasteiger partial charge in [-0.25, -0.2) is 0 Å². The van der Waals surface area contributed by atoms with Crippen molar-refractivity contribution in [1.82, 2.24) is 10.2 Å². The van der Waals surface area contributed by atoms with Crippen LogP contribution in [0.25, 0.3) is 0 Å². The lowest BCUT2D eigenvalue weighted by atomic mass is 9.66. The Morgan fingerprint density at radius 2 is 1.91 bits per heavy atom.